The van der Waals surface area contributed by atoms with E-state index in [9.17, 15) is 14.7 Å². The van der Waals surface area contributed by atoms with E-state index < -0.39 is 5.97 Å². The first kappa shape index (κ1) is 23.5. The van der Waals surface area contributed by atoms with Gasteiger partial charge in [0.1, 0.15) is 5.75 Å². The molecule has 0 bridgehead atoms. The average Bonchev–Trinajstić information content (AvgIpc) is 2.76. The molecular weight excluding hydrogens is 394 g/mol. The van der Waals surface area contributed by atoms with Crippen LogP contribution in [-0.4, -0.2) is 88.6 Å². The highest BCUT2D eigenvalue weighted by Crippen LogP contribution is 2.25. The van der Waals surface area contributed by atoms with Gasteiger partial charge in [0.25, 0.3) is 0 Å². The number of rotatable bonds is 7. The number of aliphatic carboxylic acids is 1. The number of carboxylic acids is 1. The predicted molar refractivity (Wildman–Crippen MR) is 120 cm³/mol. The van der Waals surface area contributed by atoms with Crippen LogP contribution in [0.25, 0.3) is 0 Å². The van der Waals surface area contributed by atoms with Crippen LogP contribution in [0.4, 0.5) is 0 Å². The predicted octanol–water partition coefficient (Wildman–Crippen LogP) is 2.27. The lowest BCUT2D eigenvalue weighted by atomic mass is 9.95. The van der Waals surface area contributed by atoms with Gasteiger partial charge < -0.3 is 20.0 Å². The summed E-state index contributed by atoms with van der Waals surface area (Å²) in [4.78, 5) is 30.5. The summed E-state index contributed by atoms with van der Waals surface area (Å²) in [6, 6.07) is 4.48. The number of aromatic hydroxyl groups is 1. The van der Waals surface area contributed by atoms with E-state index in [1.54, 1.807) is 0 Å². The normalized spacial score (nSPS) is 20.0. The highest BCUT2D eigenvalue weighted by Gasteiger charge is 2.30. The van der Waals surface area contributed by atoms with Crippen molar-refractivity contribution in [2.24, 2.45) is 5.92 Å². The van der Waals surface area contributed by atoms with Gasteiger partial charge in [0, 0.05) is 57.8 Å². The van der Waals surface area contributed by atoms with Gasteiger partial charge in [-0.1, -0.05) is 19.1 Å². The fraction of sp³-hybridized carbons (Fsp3) is 0.667. The molecule has 0 unspecified atom stereocenters. The topological polar surface area (TPSA) is 84.3 Å². The summed E-state index contributed by atoms with van der Waals surface area (Å²) in [5, 5.41) is 18.8. The van der Waals surface area contributed by atoms with Gasteiger partial charge in [-0.25, -0.2) is 0 Å². The smallest absolute Gasteiger partial charge is 0.304 e. The summed E-state index contributed by atoms with van der Waals surface area (Å²) in [6.07, 6.45) is 2.91. The van der Waals surface area contributed by atoms with Crippen molar-refractivity contribution in [3.8, 4) is 5.75 Å². The first-order valence-electron chi connectivity index (χ1n) is 11.5. The molecule has 0 spiro atoms. The van der Waals surface area contributed by atoms with Gasteiger partial charge >= 0.3 is 5.97 Å². The van der Waals surface area contributed by atoms with Gasteiger partial charge in [-0.15, -0.1) is 0 Å². The number of carbonyl (C=O) groups excluding carboxylic acids is 1. The molecule has 1 aromatic carbocycles. The molecule has 1 atom stereocenters. The molecule has 0 aliphatic carbocycles. The minimum Gasteiger partial charge on any atom is -0.507 e. The molecule has 7 heteroatoms. The summed E-state index contributed by atoms with van der Waals surface area (Å²) in [5.74, 6) is -0.241. The molecule has 0 saturated carbocycles. The molecule has 172 valence electrons. The maximum Gasteiger partial charge on any atom is 0.304 e. The van der Waals surface area contributed by atoms with Crippen molar-refractivity contribution in [2.75, 3.05) is 45.8 Å². The number of likely N-dealkylation sites (tertiary alicyclic amines) is 1. The van der Waals surface area contributed by atoms with Crippen LogP contribution in [0, 0.1) is 19.8 Å². The number of hydrogen-bond donors (Lipinski definition) is 2. The van der Waals surface area contributed by atoms with Gasteiger partial charge in [0.15, 0.2) is 0 Å². The van der Waals surface area contributed by atoms with E-state index in [4.69, 9.17) is 5.11 Å². The lowest BCUT2D eigenvalue weighted by Gasteiger charge is -2.43. The van der Waals surface area contributed by atoms with E-state index in [1.165, 1.54) is 0 Å². The van der Waals surface area contributed by atoms with Gasteiger partial charge in [-0.3, -0.25) is 14.5 Å². The van der Waals surface area contributed by atoms with Crippen molar-refractivity contribution in [1.29, 1.82) is 0 Å². The van der Waals surface area contributed by atoms with Gasteiger partial charge in [0.05, 0.1) is 6.42 Å². The fourth-order valence-corrected chi connectivity index (χ4v) is 4.97. The second-order valence-corrected chi connectivity index (χ2v) is 9.26. The van der Waals surface area contributed by atoms with Crippen molar-refractivity contribution >= 4 is 11.9 Å². The standard InChI is InChI=1S/C24H37N3O4/c1-17-14-20(15-18(2)23(17)30)16-19(3)24(31)27-8-4-21(5-9-27)26-12-10-25(11-13-26)7-6-22(28)29/h14-15,19,21,30H,4-13,16H2,1-3H3,(H,28,29)/t19-/m1/s1. The Morgan fingerprint density at radius 1 is 1.03 bits per heavy atom. The van der Waals surface area contributed by atoms with Crippen LogP contribution in [0.2, 0.25) is 0 Å². The van der Waals surface area contributed by atoms with Crippen LogP contribution in [-0.2, 0) is 16.0 Å². The summed E-state index contributed by atoms with van der Waals surface area (Å²) in [7, 11) is 0. The largest absolute Gasteiger partial charge is 0.507 e. The molecule has 2 saturated heterocycles. The van der Waals surface area contributed by atoms with E-state index in [2.05, 4.69) is 9.80 Å². The average molecular weight is 432 g/mol. The SMILES string of the molecule is Cc1cc(C[C@@H](C)C(=O)N2CCC(N3CCN(CCC(=O)O)CC3)CC2)cc(C)c1O. The number of carboxylic acid groups (broad SMARTS) is 1. The van der Waals surface area contributed by atoms with E-state index in [1.807, 2.05) is 37.8 Å². The van der Waals surface area contributed by atoms with Gasteiger partial charge in [-0.05, 0) is 49.8 Å². The van der Waals surface area contributed by atoms with Crippen LogP contribution in [0.5, 0.6) is 5.75 Å². The molecule has 0 aromatic heterocycles. The molecule has 7 nitrogen and oxygen atoms in total. The van der Waals surface area contributed by atoms with Crippen molar-refractivity contribution in [3.05, 3.63) is 28.8 Å². The third-order valence-corrected chi connectivity index (χ3v) is 6.86. The Morgan fingerprint density at radius 3 is 2.16 bits per heavy atom. The summed E-state index contributed by atoms with van der Waals surface area (Å²) < 4.78 is 0. The maximum atomic E-state index is 13.0. The molecule has 2 N–H and O–H groups in total. The third kappa shape index (κ3) is 6.20. The molecule has 0 radical (unpaired) electrons. The molecule has 2 aliphatic heterocycles. The Labute approximate surface area is 185 Å². The second kappa shape index (κ2) is 10.5. The molecule has 2 heterocycles. The second-order valence-electron chi connectivity index (χ2n) is 9.26. The Morgan fingerprint density at radius 2 is 1.61 bits per heavy atom. The summed E-state index contributed by atoms with van der Waals surface area (Å²) >= 11 is 0. The molecule has 1 aromatic rings. The first-order chi connectivity index (χ1) is 14.7. The highest BCUT2D eigenvalue weighted by molar-refractivity contribution is 5.79. The van der Waals surface area contributed by atoms with Gasteiger partial charge in [-0.2, -0.15) is 0 Å². The van der Waals surface area contributed by atoms with Crippen LogP contribution >= 0.6 is 0 Å². The number of benzene rings is 1. The number of piperidine rings is 1. The van der Waals surface area contributed by atoms with Crippen LogP contribution in [0.1, 0.15) is 42.9 Å². The minimum atomic E-state index is -0.732. The number of amides is 1. The molecule has 31 heavy (non-hydrogen) atoms. The zero-order chi connectivity index (χ0) is 22.5. The molecular formula is C24H37N3O4. The van der Waals surface area contributed by atoms with Crippen LogP contribution in [0.3, 0.4) is 0 Å². The summed E-state index contributed by atoms with van der Waals surface area (Å²) in [6.45, 7) is 11.9. The number of hydrogen-bond acceptors (Lipinski definition) is 5. The Balaban J connectivity index is 1.44. The zero-order valence-corrected chi connectivity index (χ0v) is 19.1. The van der Waals surface area contributed by atoms with Crippen molar-refractivity contribution in [1.82, 2.24) is 14.7 Å². The van der Waals surface area contributed by atoms with E-state index in [0.29, 0.717) is 24.8 Å². The third-order valence-electron chi connectivity index (χ3n) is 6.86. The highest BCUT2D eigenvalue weighted by atomic mass is 16.4. The molecule has 2 aliphatic rings. The number of nitrogens with zero attached hydrogens (tertiary/aromatic N) is 3. The number of phenols is 1. The summed E-state index contributed by atoms with van der Waals surface area (Å²) in [5.41, 5.74) is 2.82. The maximum absolute atomic E-state index is 13.0. The van der Waals surface area contributed by atoms with E-state index in [0.717, 1.165) is 68.8 Å². The van der Waals surface area contributed by atoms with Crippen molar-refractivity contribution in [3.63, 3.8) is 0 Å². The number of carbonyl (C=O) groups is 2. The van der Waals surface area contributed by atoms with Crippen molar-refractivity contribution in [2.45, 2.75) is 52.5 Å². The quantitative estimate of drug-likeness (QED) is 0.689. The fourth-order valence-electron chi connectivity index (χ4n) is 4.97. The monoisotopic (exact) mass is 431 g/mol. The van der Waals surface area contributed by atoms with Gasteiger partial charge in [0.2, 0.25) is 5.91 Å². The number of phenolic OH excluding ortho intramolecular Hbond substituents is 1. The molecule has 1 amide bonds. The van der Waals surface area contributed by atoms with E-state index >= 15 is 0 Å². The lowest BCUT2D eigenvalue weighted by Crippen LogP contribution is -2.54. The van der Waals surface area contributed by atoms with Crippen molar-refractivity contribution < 1.29 is 19.8 Å². The van der Waals surface area contributed by atoms with Crippen LogP contribution in [0.15, 0.2) is 12.1 Å². The Kier molecular flexibility index (Phi) is 7.94. The number of piperazine rings is 1. The number of aryl methyl sites for hydroxylation is 2. The Bertz CT molecular complexity index is 758. The molecule has 2 fully saturated rings. The lowest BCUT2D eigenvalue weighted by molar-refractivity contribution is -0.138. The van der Waals surface area contributed by atoms with Crippen LogP contribution < -0.4 is 0 Å². The Hall–Kier alpha value is -2.12. The first-order valence-corrected chi connectivity index (χ1v) is 11.5. The van der Waals surface area contributed by atoms with E-state index in [-0.39, 0.29) is 18.2 Å². The zero-order valence-electron chi connectivity index (χ0n) is 19.1. The minimum absolute atomic E-state index is 0.0716. The molecule has 3 rings (SSSR count).